The SMILES string of the molecule is CC[C@@H](C)NS(=O)(=O)c1ccc(NC(=O)c2cccc(C(F)(F)F)c2)cc1. The van der Waals surface area contributed by atoms with Gasteiger partial charge in [-0.1, -0.05) is 13.0 Å². The van der Waals surface area contributed by atoms with Gasteiger partial charge in [-0.2, -0.15) is 13.2 Å². The van der Waals surface area contributed by atoms with Crippen molar-refractivity contribution in [2.75, 3.05) is 5.32 Å². The lowest BCUT2D eigenvalue weighted by atomic mass is 10.1. The van der Waals surface area contributed by atoms with Gasteiger partial charge in [0.25, 0.3) is 5.91 Å². The van der Waals surface area contributed by atoms with Crippen LogP contribution in [-0.2, 0) is 16.2 Å². The third-order valence-corrected chi connectivity index (χ3v) is 5.45. The summed E-state index contributed by atoms with van der Waals surface area (Å²) in [6.07, 6.45) is -3.92. The molecule has 0 saturated heterocycles. The Morgan fingerprint density at radius 3 is 2.30 bits per heavy atom. The van der Waals surface area contributed by atoms with Gasteiger partial charge in [-0.15, -0.1) is 0 Å². The van der Waals surface area contributed by atoms with Gasteiger partial charge in [-0.25, -0.2) is 13.1 Å². The van der Waals surface area contributed by atoms with Gasteiger partial charge in [0, 0.05) is 17.3 Å². The van der Waals surface area contributed by atoms with Crippen molar-refractivity contribution in [3.8, 4) is 0 Å². The Balaban J connectivity index is 2.14. The van der Waals surface area contributed by atoms with Gasteiger partial charge in [0.1, 0.15) is 0 Å². The summed E-state index contributed by atoms with van der Waals surface area (Å²) >= 11 is 0. The highest BCUT2D eigenvalue weighted by Gasteiger charge is 2.30. The predicted molar refractivity (Wildman–Crippen MR) is 95.9 cm³/mol. The minimum Gasteiger partial charge on any atom is -0.322 e. The summed E-state index contributed by atoms with van der Waals surface area (Å²) in [6.45, 7) is 3.58. The fourth-order valence-corrected chi connectivity index (χ4v) is 3.50. The summed E-state index contributed by atoms with van der Waals surface area (Å²) in [6, 6.07) is 9.18. The van der Waals surface area contributed by atoms with Crippen LogP contribution in [0.25, 0.3) is 0 Å². The molecule has 0 heterocycles. The first kappa shape index (κ1) is 20.9. The molecule has 2 aromatic rings. The summed E-state index contributed by atoms with van der Waals surface area (Å²) in [7, 11) is -3.68. The Kier molecular flexibility index (Phi) is 6.27. The molecule has 2 aromatic carbocycles. The van der Waals surface area contributed by atoms with E-state index in [4.69, 9.17) is 0 Å². The van der Waals surface area contributed by atoms with Crippen LogP contribution in [0.5, 0.6) is 0 Å². The molecule has 0 bridgehead atoms. The van der Waals surface area contributed by atoms with Crippen molar-refractivity contribution < 1.29 is 26.4 Å². The quantitative estimate of drug-likeness (QED) is 0.769. The van der Waals surface area contributed by atoms with Gasteiger partial charge in [0.05, 0.1) is 10.5 Å². The molecular weight excluding hydrogens is 381 g/mol. The Morgan fingerprint density at radius 2 is 1.74 bits per heavy atom. The molecule has 2 N–H and O–H groups in total. The van der Waals surface area contributed by atoms with Gasteiger partial charge in [0.2, 0.25) is 10.0 Å². The van der Waals surface area contributed by atoms with Crippen LogP contribution in [0.1, 0.15) is 36.2 Å². The number of carbonyl (C=O) groups excluding carboxylic acids is 1. The predicted octanol–water partition coefficient (Wildman–Crippen LogP) is 4.03. The van der Waals surface area contributed by atoms with Crippen molar-refractivity contribution in [2.45, 2.75) is 37.4 Å². The first-order chi connectivity index (χ1) is 12.5. The van der Waals surface area contributed by atoms with Crippen molar-refractivity contribution in [3.63, 3.8) is 0 Å². The third kappa shape index (κ3) is 5.54. The van der Waals surface area contributed by atoms with Gasteiger partial charge >= 0.3 is 6.18 Å². The Hall–Kier alpha value is -2.39. The normalized spacial score (nSPS) is 13.2. The second kappa shape index (κ2) is 8.10. The highest BCUT2D eigenvalue weighted by atomic mass is 32.2. The van der Waals surface area contributed by atoms with Crippen molar-refractivity contribution >= 4 is 21.6 Å². The average molecular weight is 400 g/mol. The summed E-state index contributed by atoms with van der Waals surface area (Å²) in [5.41, 5.74) is -0.812. The maximum Gasteiger partial charge on any atom is 0.416 e. The highest BCUT2D eigenvalue weighted by molar-refractivity contribution is 7.89. The van der Waals surface area contributed by atoms with Crippen LogP contribution in [0.2, 0.25) is 0 Å². The third-order valence-electron chi connectivity index (χ3n) is 3.84. The van der Waals surface area contributed by atoms with E-state index in [0.29, 0.717) is 6.42 Å². The van der Waals surface area contributed by atoms with Crippen molar-refractivity contribution in [1.29, 1.82) is 0 Å². The van der Waals surface area contributed by atoms with Crippen LogP contribution in [0.15, 0.2) is 53.4 Å². The molecule has 0 aromatic heterocycles. The zero-order valence-corrected chi connectivity index (χ0v) is 15.5. The van der Waals surface area contributed by atoms with Gasteiger partial charge in [0.15, 0.2) is 0 Å². The number of alkyl halides is 3. The van der Waals surface area contributed by atoms with Gasteiger partial charge in [-0.05, 0) is 55.8 Å². The lowest BCUT2D eigenvalue weighted by Gasteiger charge is -2.13. The Morgan fingerprint density at radius 1 is 1.11 bits per heavy atom. The van der Waals surface area contributed by atoms with Gasteiger partial charge < -0.3 is 5.32 Å². The molecule has 27 heavy (non-hydrogen) atoms. The summed E-state index contributed by atoms with van der Waals surface area (Å²) in [5.74, 6) is -0.727. The number of rotatable bonds is 6. The average Bonchev–Trinajstić information content (AvgIpc) is 2.61. The molecule has 0 aliphatic carbocycles. The largest absolute Gasteiger partial charge is 0.416 e. The van der Waals surface area contributed by atoms with Crippen molar-refractivity contribution in [3.05, 3.63) is 59.7 Å². The van der Waals surface area contributed by atoms with E-state index in [-0.39, 0.29) is 22.2 Å². The fraction of sp³-hybridized carbons (Fsp3) is 0.278. The zero-order valence-electron chi connectivity index (χ0n) is 14.7. The molecule has 0 radical (unpaired) electrons. The minimum absolute atomic E-state index is 0.0277. The minimum atomic E-state index is -4.55. The lowest BCUT2D eigenvalue weighted by Crippen LogP contribution is -2.31. The molecule has 2 rings (SSSR count). The molecular formula is C18H19F3N2O3S. The molecule has 0 aliphatic rings. The second-order valence-electron chi connectivity index (χ2n) is 5.99. The molecule has 0 fully saturated rings. The van der Waals surface area contributed by atoms with E-state index < -0.39 is 27.7 Å². The maximum atomic E-state index is 12.7. The summed E-state index contributed by atoms with van der Waals surface area (Å²) in [4.78, 5) is 12.2. The number of benzene rings is 2. The molecule has 1 atom stereocenters. The maximum absolute atomic E-state index is 12.7. The van der Waals surface area contributed by atoms with E-state index in [1.165, 1.54) is 30.3 Å². The van der Waals surface area contributed by atoms with Crippen LogP contribution < -0.4 is 10.0 Å². The van der Waals surface area contributed by atoms with Crippen molar-refractivity contribution in [1.82, 2.24) is 4.72 Å². The number of amides is 1. The number of hydrogen-bond acceptors (Lipinski definition) is 3. The van der Waals surface area contributed by atoms with E-state index in [2.05, 4.69) is 10.0 Å². The summed E-state index contributed by atoms with van der Waals surface area (Å²) < 4.78 is 65.1. The topological polar surface area (TPSA) is 75.3 Å². The van der Waals surface area contributed by atoms with E-state index >= 15 is 0 Å². The number of anilines is 1. The van der Waals surface area contributed by atoms with E-state index in [9.17, 15) is 26.4 Å². The Bertz CT molecular complexity index is 910. The molecule has 0 spiro atoms. The molecule has 0 unspecified atom stereocenters. The van der Waals surface area contributed by atoms with E-state index in [1.54, 1.807) is 6.92 Å². The monoisotopic (exact) mass is 400 g/mol. The van der Waals surface area contributed by atoms with Crippen LogP contribution in [-0.4, -0.2) is 20.4 Å². The standard InChI is InChI=1S/C18H19F3N2O3S/c1-3-12(2)23-27(25,26)16-9-7-15(8-10-16)22-17(24)13-5-4-6-14(11-13)18(19,20)21/h4-12,23H,3H2,1-2H3,(H,22,24)/t12-/m1/s1. The molecule has 0 saturated carbocycles. The van der Waals surface area contributed by atoms with Gasteiger partial charge in [-0.3, -0.25) is 4.79 Å². The van der Waals surface area contributed by atoms with Crippen LogP contribution >= 0.6 is 0 Å². The summed E-state index contributed by atoms with van der Waals surface area (Å²) in [5, 5.41) is 2.45. The van der Waals surface area contributed by atoms with E-state index in [0.717, 1.165) is 18.2 Å². The number of hydrogen-bond donors (Lipinski definition) is 2. The molecule has 9 heteroatoms. The lowest BCUT2D eigenvalue weighted by molar-refractivity contribution is -0.137. The van der Waals surface area contributed by atoms with Crippen LogP contribution in [0.4, 0.5) is 18.9 Å². The smallest absolute Gasteiger partial charge is 0.322 e. The number of halogens is 3. The molecule has 0 aliphatic heterocycles. The number of carbonyl (C=O) groups is 1. The molecule has 146 valence electrons. The number of nitrogens with one attached hydrogen (secondary N) is 2. The first-order valence-corrected chi connectivity index (χ1v) is 9.62. The van der Waals surface area contributed by atoms with Crippen molar-refractivity contribution in [2.24, 2.45) is 0 Å². The van der Waals surface area contributed by atoms with E-state index in [1.807, 2.05) is 6.92 Å². The zero-order chi connectivity index (χ0) is 20.2. The van der Waals surface area contributed by atoms with Crippen LogP contribution in [0.3, 0.4) is 0 Å². The second-order valence-corrected chi connectivity index (χ2v) is 7.70. The first-order valence-electron chi connectivity index (χ1n) is 8.14. The fourth-order valence-electron chi connectivity index (χ4n) is 2.17. The Labute approximate surface area is 155 Å². The molecule has 1 amide bonds. The van der Waals surface area contributed by atoms with Crippen LogP contribution in [0, 0.1) is 0 Å². The highest BCUT2D eigenvalue weighted by Crippen LogP contribution is 2.29. The number of sulfonamides is 1. The molecule has 5 nitrogen and oxygen atoms in total.